The molecule has 1 heterocycles. The minimum atomic E-state index is 1.09. The van der Waals surface area contributed by atoms with Gasteiger partial charge in [-0.2, -0.15) is 5.10 Å². The molecule has 0 spiro atoms. The molecule has 0 N–H and O–H groups in total. The summed E-state index contributed by atoms with van der Waals surface area (Å²) >= 11 is 1.68. The summed E-state index contributed by atoms with van der Waals surface area (Å²) in [5.74, 6) is 0. The number of hydrogen-bond donors (Lipinski definition) is 0. The molecule has 0 amide bonds. The van der Waals surface area contributed by atoms with Gasteiger partial charge in [0.1, 0.15) is 5.03 Å². The number of aromatic nitrogens is 2. The number of hydrogen-bond acceptors (Lipinski definition) is 2. The van der Waals surface area contributed by atoms with Crippen LogP contribution in [0.5, 0.6) is 0 Å². The van der Waals surface area contributed by atoms with Crippen LogP contribution in [0.25, 0.3) is 5.69 Å². The summed E-state index contributed by atoms with van der Waals surface area (Å²) < 4.78 is 1.92. The third-order valence-corrected chi connectivity index (χ3v) is 2.86. The zero-order valence-corrected chi connectivity index (χ0v) is 9.08. The summed E-state index contributed by atoms with van der Waals surface area (Å²) in [6.07, 6.45) is 4.10. The van der Waals surface area contributed by atoms with Gasteiger partial charge >= 0.3 is 0 Å². The Morgan fingerprint density at radius 2 is 1.93 bits per heavy atom. The van der Waals surface area contributed by atoms with E-state index in [-0.39, 0.29) is 0 Å². The van der Waals surface area contributed by atoms with E-state index in [1.807, 2.05) is 29.1 Å². The number of nitrogens with zero attached hydrogens (tertiary/aromatic N) is 2. The van der Waals surface area contributed by atoms with E-state index in [0.29, 0.717) is 0 Å². The molecule has 0 radical (unpaired) electrons. The standard InChI is InChI=1S/C11H12N2S/c1-9-8-13(12-11(9)14-2)10-6-4-3-5-7-10/h3-8H,1-2H3. The predicted octanol–water partition coefficient (Wildman–Crippen LogP) is 2.90. The van der Waals surface area contributed by atoms with Crippen molar-refractivity contribution in [3.8, 4) is 5.69 Å². The van der Waals surface area contributed by atoms with Crippen LogP contribution in [0, 0.1) is 6.92 Å². The molecule has 0 aliphatic rings. The van der Waals surface area contributed by atoms with Gasteiger partial charge in [0.2, 0.25) is 0 Å². The van der Waals surface area contributed by atoms with Crippen LogP contribution in [0.4, 0.5) is 0 Å². The SMILES string of the molecule is CSc1nn(-c2ccccc2)cc1C. The first-order chi connectivity index (χ1) is 6.81. The van der Waals surface area contributed by atoms with Gasteiger partial charge < -0.3 is 0 Å². The monoisotopic (exact) mass is 204 g/mol. The molecule has 0 saturated carbocycles. The second kappa shape index (κ2) is 3.88. The van der Waals surface area contributed by atoms with E-state index in [9.17, 15) is 0 Å². The Bertz CT molecular complexity index is 420. The number of rotatable bonds is 2. The van der Waals surface area contributed by atoms with Gasteiger partial charge in [0.15, 0.2) is 0 Å². The minimum Gasteiger partial charge on any atom is -0.240 e. The zero-order chi connectivity index (χ0) is 9.97. The molecular weight excluding hydrogens is 192 g/mol. The molecule has 14 heavy (non-hydrogen) atoms. The first-order valence-electron chi connectivity index (χ1n) is 4.47. The number of aryl methyl sites for hydroxylation is 1. The molecule has 0 aliphatic heterocycles. The Balaban J connectivity index is 2.43. The molecule has 1 aromatic carbocycles. The van der Waals surface area contributed by atoms with Crippen molar-refractivity contribution >= 4 is 11.8 Å². The van der Waals surface area contributed by atoms with E-state index in [1.165, 1.54) is 5.56 Å². The minimum absolute atomic E-state index is 1.09. The largest absolute Gasteiger partial charge is 0.240 e. The molecule has 2 aromatic rings. The zero-order valence-electron chi connectivity index (χ0n) is 8.27. The highest BCUT2D eigenvalue weighted by atomic mass is 32.2. The maximum Gasteiger partial charge on any atom is 0.121 e. The van der Waals surface area contributed by atoms with Gasteiger partial charge in [-0.3, -0.25) is 0 Å². The quantitative estimate of drug-likeness (QED) is 0.700. The van der Waals surface area contributed by atoms with Gasteiger partial charge in [0.05, 0.1) is 5.69 Å². The van der Waals surface area contributed by atoms with Gasteiger partial charge in [-0.15, -0.1) is 11.8 Å². The van der Waals surface area contributed by atoms with Crippen LogP contribution in [0.2, 0.25) is 0 Å². The van der Waals surface area contributed by atoms with Crippen molar-refractivity contribution in [1.29, 1.82) is 0 Å². The second-order valence-corrected chi connectivity index (χ2v) is 3.90. The molecule has 2 rings (SSSR count). The third-order valence-electron chi connectivity index (χ3n) is 2.07. The highest BCUT2D eigenvalue weighted by Gasteiger charge is 2.03. The normalized spacial score (nSPS) is 10.4. The molecule has 0 fully saturated rings. The van der Waals surface area contributed by atoms with Crippen LogP contribution in [-0.2, 0) is 0 Å². The van der Waals surface area contributed by atoms with Crippen LogP contribution >= 0.6 is 11.8 Å². The van der Waals surface area contributed by atoms with E-state index in [0.717, 1.165) is 10.7 Å². The lowest BCUT2D eigenvalue weighted by Crippen LogP contribution is -1.93. The fourth-order valence-corrected chi connectivity index (χ4v) is 1.90. The Kier molecular flexibility index (Phi) is 2.59. The van der Waals surface area contributed by atoms with Crippen molar-refractivity contribution in [1.82, 2.24) is 9.78 Å². The van der Waals surface area contributed by atoms with E-state index >= 15 is 0 Å². The molecule has 0 aliphatic carbocycles. The van der Waals surface area contributed by atoms with Crippen molar-refractivity contribution < 1.29 is 0 Å². The lowest BCUT2D eigenvalue weighted by atomic mass is 10.3. The third kappa shape index (κ3) is 1.68. The van der Waals surface area contributed by atoms with Crippen LogP contribution in [0.1, 0.15) is 5.56 Å². The summed E-state index contributed by atoms with van der Waals surface area (Å²) in [6, 6.07) is 10.2. The Labute approximate surface area is 87.9 Å². The molecule has 72 valence electrons. The van der Waals surface area contributed by atoms with Crippen LogP contribution in [0.15, 0.2) is 41.6 Å². The predicted molar refractivity (Wildman–Crippen MR) is 60.1 cm³/mol. The van der Waals surface area contributed by atoms with Crippen LogP contribution in [0.3, 0.4) is 0 Å². The van der Waals surface area contributed by atoms with Crippen molar-refractivity contribution in [3.63, 3.8) is 0 Å². The topological polar surface area (TPSA) is 17.8 Å². The maximum absolute atomic E-state index is 4.48. The van der Waals surface area contributed by atoms with Gasteiger partial charge in [-0.1, -0.05) is 18.2 Å². The summed E-state index contributed by atoms with van der Waals surface area (Å²) in [7, 11) is 0. The fourth-order valence-electron chi connectivity index (χ4n) is 1.36. The Morgan fingerprint density at radius 1 is 1.21 bits per heavy atom. The summed E-state index contributed by atoms with van der Waals surface area (Å²) in [5, 5.41) is 5.57. The van der Waals surface area contributed by atoms with Crippen molar-refractivity contribution in [3.05, 3.63) is 42.1 Å². The van der Waals surface area contributed by atoms with Gasteiger partial charge in [0, 0.05) is 11.8 Å². The van der Waals surface area contributed by atoms with Crippen molar-refractivity contribution in [2.45, 2.75) is 11.9 Å². The molecule has 1 aromatic heterocycles. The smallest absolute Gasteiger partial charge is 0.121 e. The molecule has 0 atom stereocenters. The molecule has 0 bridgehead atoms. The lowest BCUT2D eigenvalue weighted by molar-refractivity contribution is 0.837. The second-order valence-electron chi connectivity index (χ2n) is 3.10. The van der Waals surface area contributed by atoms with Crippen LogP contribution < -0.4 is 0 Å². The average molecular weight is 204 g/mol. The maximum atomic E-state index is 4.48. The Hall–Kier alpha value is -1.22. The fraction of sp³-hybridized carbons (Fsp3) is 0.182. The van der Waals surface area contributed by atoms with E-state index in [2.05, 4.69) is 30.4 Å². The lowest BCUT2D eigenvalue weighted by Gasteiger charge is -1.98. The van der Waals surface area contributed by atoms with E-state index in [1.54, 1.807) is 11.8 Å². The van der Waals surface area contributed by atoms with Gasteiger partial charge in [-0.05, 0) is 25.3 Å². The van der Waals surface area contributed by atoms with Gasteiger partial charge in [0.25, 0.3) is 0 Å². The first kappa shape index (κ1) is 9.34. The van der Waals surface area contributed by atoms with Crippen molar-refractivity contribution in [2.24, 2.45) is 0 Å². The van der Waals surface area contributed by atoms with Crippen molar-refractivity contribution in [2.75, 3.05) is 6.26 Å². The van der Waals surface area contributed by atoms with E-state index in [4.69, 9.17) is 0 Å². The molecule has 2 nitrogen and oxygen atoms in total. The summed E-state index contributed by atoms with van der Waals surface area (Å²) in [6.45, 7) is 2.08. The molecule has 3 heteroatoms. The number of thioether (sulfide) groups is 1. The molecule has 0 unspecified atom stereocenters. The van der Waals surface area contributed by atoms with Gasteiger partial charge in [-0.25, -0.2) is 4.68 Å². The van der Waals surface area contributed by atoms with E-state index < -0.39 is 0 Å². The van der Waals surface area contributed by atoms with Crippen LogP contribution in [-0.4, -0.2) is 16.0 Å². The number of benzene rings is 1. The molecule has 0 saturated heterocycles. The highest BCUT2D eigenvalue weighted by molar-refractivity contribution is 7.98. The highest BCUT2D eigenvalue weighted by Crippen LogP contribution is 2.18. The molecular formula is C11H12N2S. The average Bonchev–Trinajstić information content (AvgIpc) is 2.61. The summed E-state index contributed by atoms with van der Waals surface area (Å²) in [5.41, 5.74) is 2.33. The first-order valence-corrected chi connectivity index (χ1v) is 5.69. The Morgan fingerprint density at radius 3 is 2.50 bits per heavy atom. The summed E-state index contributed by atoms with van der Waals surface area (Å²) in [4.78, 5) is 0. The number of para-hydroxylation sites is 1.